The second-order valence-corrected chi connectivity index (χ2v) is 6.68. The van der Waals surface area contributed by atoms with E-state index >= 15 is 0 Å². The summed E-state index contributed by atoms with van der Waals surface area (Å²) in [5.74, 6) is 0.469. The molecule has 3 aromatic rings. The Morgan fingerprint density at radius 3 is 3.00 bits per heavy atom. The highest BCUT2D eigenvalue weighted by molar-refractivity contribution is 5.95. The van der Waals surface area contributed by atoms with Gasteiger partial charge in [0.15, 0.2) is 0 Å². The second kappa shape index (κ2) is 6.44. The number of aryl methyl sites for hydroxylation is 2. The van der Waals surface area contributed by atoms with Crippen LogP contribution in [-0.4, -0.2) is 41.5 Å². The van der Waals surface area contributed by atoms with Gasteiger partial charge < -0.3 is 9.88 Å². The van der Waals surface area contributed by atoms with Crippen molar-refractivity contribution in [3.63, 3.8) is 0 Å². The van der Waals surface area contributed by atoms with Crippen LogP contribution in [0.5, 0.6) is 0 Å². The first-order valence-corrected chi connectivity index (χ1v) is 8.99. The number of likely N-dealkylation sites (tertiary alicyclic amines) is 1. The average molecular weight is 354 g/mol. The number of hydrogen-bond acceptors (Lipinski definition) is 4. The lowest BCUT2D eigenvalue weighted by Gasteiger charge is -2.35. The number of imidazole rings is 1. The SMILES string of the molecule is CCn1cc(C(=O)N2CCCC[C@@H]2c2cc(=O)n3ccnc3[nH]2)c(C)n1. The maximum Gasteiger partial charge on any atom is 0.259 e. The Morgan fingerprint density at radius 2 is 2.23 bits per heavy atom. The van der Waals surface area contributed by atoms with E-state index in [0.717, 1.165) is 37.2 Å². The Balaban J connectivity index is 1.72. The van der Waals surface area contributed by atoms with Crippen molar-refractivity contribution in [1.82, 2.24) is 29.0 Å². The standard InChI is InChI=1S/C18H22N6O2/c1-3-22-11-13(12(2)21-22)17(26)23-8-5-4-6-15(23)14-10-16(25)24-9-7-19-18(24)20-14/h7,9-11,15H,3-6,8H2,1-2H3,(H,19,20)/t15-/m1/s1. The highest BCUT2D eigenvalue weighted by Gasteiger charge is 2.31. The Kier molecular flexibility index (Phi) is 4.10. The van der Waals surface area contributed by atoms with Gasteiger partial charge >= 0.3 is 0 Å². The maximum absolute atomic E-state index is 13.2. The quantitative estimate of drug-likeness (QED) is 0.778. The fourth-order valence-electron chi connectivity index (χ4n) is 3.66. The molecule has 1 fully saturated rings. The Bertz CT molecular complexity index is 1010. The van der Waals surface area contributed by atoms with Crippen LogP contribution in [0.1, 0.15) is 54.0 Å². The van der Waals surface area contributed by atoms with Crippen LogP contribution >= 0.6 is 0 Å². The number of carbonyl (C=O) groups is 1. The molecule has 1 N–H and O–H groups in total. The van der Waals surface area contributed by atoms with Gasteiger partial charge in [-0.2, -0.15) is 5.10 Å². The molecule has 1 saturated heterocycles. The minimum atomic E-state index is -0.157. The molecule has 0 aromatic carbocycles. The van der Waals surface area contributed by atoms with Crippen molar-refractivity contribution in [3.05, 3.63) is 52.0 Å². The summed E-state index contributed by atoms with van der Waals surface area (Å²) in [5, 5.41) is 4.39. The van der Waals surface area contributed by atoms with Gasteiger partial charge in [0, 0.05) is 43.4 Å². The molecule has 136 valence electrons. The number of piperidine rings is 1. The molecular weight excluding hydrogens is 332 g/mol. The van der Waals surface area contributed by atoms with Gasteiger partial charge in [-0.3, -0.25) is 18.7 Å². The first-order valence-electron chi connectivity index (χ1n) is 8.99. The fraction of sp³-hybridized carbons (Fsp3) is 0.444. The number of aromatic amines is 1. The fourth-order valence-corrected chi connectivity index (χ4v) is 3.66. The van der Waals surface area contributed by atoms with E-state index in [4.69, 9.17) is 0 Å². The second-order valence-electron chi connectivity index (χ2n) is 6.68. The predicted octanol–water partition coefficient (Wildman–Crippen LogP) is 1.91. The molecule has 1 amide bonds. The van der Waals surface area contributed by atoms with Crippen LogP contribution in [-0.2, 0) is 6.54 Å². The Morgan fingerprint density at radius 1 is 1.38 bits per heavy atom. The molecule has 1 aliphatic heterocycles. The molecule has 0 saturated carbocycles. The van der Waals surface area contributed by atoms with Gasteiger partial charge in [-0.1, -0.05) is 0 Å². The van der Waals surface area contributed by atoms with Crippen LogP contribution in [0.15, 0.2) is 29.5 Å². The molecule has 4 rings (SSSR count). The van der Waals surface area contributed by atoms with Crippen LogP contribution in [0.4, 0.5) is 0 Å². The monoisotopic (exact) mass is 354 g/mol. The third-order valence-corrected chi connectivity index (χ3v) is 5.04. The molecule has 4 heterocycles. The number of fused-ring (bicyclic) bond motifs is 1. The van der Waals surface area contributed by atoms with E-state index in [-0.39, 0.29) is 17.5 Å². The third-order valence-electron chi connectivity index (χ3n) is 5.04. The van der Waals surface area contributed by atoms with E-state index in [9.17, 15) is 9.59 Å². The van der Waals surface area contributed by atoms with Crippen molar-refractivity contribution in [2.75, 3.05) is 6.54 Å². The molecule has 8 nitrogen and oxygen atoms in total. The summed E-state index contributed by atoms with van der Waals surface area (Å²) in [6.45, 7) is 5.25. The number of nitrogens with one attached hydrogen (secondary N) is 1. The van der Waals surface area contributed by atoms with E-state index in [1.807, 2.05) is 24.9 Å². The summed E-state index contributed by atoms with van der Waals surface area (Å²) in [5.41, 5.74) is 1.96. The normalized spacial score (nSPS) is 17.8. The van der Waals surface area contributed by atoms with Crippen molar-refractivity contribution < 1.29 is 4.79 Å². The topological polar surface area (TPSA) is 88.3 Å². The smallest absolute Gasteiger partial charge is 0.259 e. The van der Waals surface area contributed by atoms with E-state index in [2.05, 4.69) is 15.1 Å². The van der Waals surface area contributed by atoms with Crippen LogP contribution < -0.4 is 5.56 Å². The van der Waals surface area contributed by atoms with Gasteiger partial charge in [-0.15, -0.1) is 0 Å². The van der Waals surface area contributed by atoms with Crippen LogP contribution in [0.25, 0.3) is 5.78 Å². The number of rotatable bonds is 3. The zero-order valence-corrected chi connectivity index (χ0v) is 15.0. The zero-order valence-electron chi connectivity index (χ0n) is 15.0. The average Bonchev–Trinajstić information content (AvgIpc) is 3.27. The molecule has 1 aliphatic rings. The number of carbonyl (C=O) groups excluding carboxylic acids is 1. The summed E-state index contributed by atoms with van der Waals surface area (Å²) in [7, 11) is 0. The van der Waals surface area contributed by atoms with Gasteiger partial charge in [0.2, 0.25) is 5.78 Å². The lowest BCUT2D eigenvalue weighted by Crippen LogP contribution is -2.39. The lowest BCUT2D eigenvalue weighted by molar-refractivity contribution is 0.0605. The Hall–Kier alpha value is -2.90. The number of nitrogens with zero attached hydrogens (tertiary/aromatic N) is 5. The molecule has 0 radical (unpaired) electrons. The summed E-state index contributed by atoms with van der Waals surface area (Å²) >= 11 is 0. The van der Waals surface area contributed by atoms with Crippen molar-refractivity contribution in [2.45, 2.75) is 45.7 Å². The molecule has 0 aliphatic carbocycles. The van der Waals surface area contributed by atoms with Gasteiger partial charge in [0.25, 0.3) is 11.5 Å². The minimum Gasteiger partial charge on any atom is -0.330 e. The third kappa shape index (κ3) is 2.71. The molecule has 0 unspecified atom stereocenters. The van der Waals surface area contributed by atoms with Gasteiger partial charge in [0.1, 0.15) is 0 Å². The predicted molar refractivity (Wildman–Crippen MR) is 96.1 cm³/mol. The Labute approximate surface area is 150 Å². The maximum atomic E-state index is 13.2. The molecule has 8 heteroatoms. The van der Waals surface area contributed by atoms with Crippen LogP contribution in [0.3, 0.4) is 0 Å². The van der Waals surface area contributed by atoms with Crippen molar-refractivity contribution >= 4 is 11.7 Å². The van der Waals surface area contributed by atoms with Crippen molar-refractivity contribution in [3.8, 4) is 0 Å². The molecular formula is C18H22N6O2. The van der Waals surface area contributed by atoms with Gasteiger partial charge in [0.05, 0.1) is 17.3 Å². The number of H-pyrrole nitrogens is 1. The molecule has 0 bridgehead atoms. The molecule has 26 heavy (non-hydrogen) atoms. The summed E-state index contributed by atoms with van der Waals surface area (Å²) in [4.78, 5) is 34.8. The summed E-state index contributed by atoms with van der Waals surface area (Å²) in [6.07, 6.45) is 7.82. The number of amides is 1. The lowest BCUT2D eigenvalue weighted by atomic mass is 9.98. The van der Waals surface area contributed by atoms with Crippen molar-refractivity contribution in [2.24, 2.45) is 0 Å². The van der Waals surface area contributed by atoms with Crippen LogP contribution in [0, 0.1) is 6.92 Å². The number of hydrogen-bond donors (Lipinski definition) is 1. The van der Waals surface area contributed by atoms with Crippen LogP contribution in [0.2, 0.25) is 0 Å². The van der Waals surface area contributed by atoms with E-state index < -0.39 is 0 Å². The highest BCUT2D eigenvalue weighted by atomic mass is 16.2. The first-order chi connectivity index (χ1) is 12.6. The number of aromatic nitrogens is 5. The van der Waals surface area contributed by atoms with Crippen molar-refractivity contribution in [1.29, 1.82) is 0 Å². The highest BCUT2D eigenvalue weighted by Crippen LogP contribution is 2.31. The van der Waals surface area contributed by atoms with E-state index in [1.165, 1.54) is 4.40 Å². The first kappa shape index (κ1) is 16.6. The van der Waals surface area contributed by atoms with Gasteiger partial charge in [-0.05, 0) is 33.1 Å². The largest absolute Gasteiger partial charge is 0.330 e. The zero-order chi connectivity index (χ0) is 18.3. The summed E-state index contributed by atoms with van der Waals surface area (Å²) in [6, 6.07) is 1.42. The van der Waals surface area contributed by atoms with E-state index in [0.29, 0.717) is 17.9 Å². The molecule has 1 atom stereocenters. The summed E-state index contributed by atoms with van der Waals surface area (Å²) < 4.78 is 3.24. The molecule has 0 spiro atoms. The molecule has 3 aromatic heterocycles. The van der Waals surface area contributed by atoms with E-state index in [1.54, 1.807) is 23.1 Å². The minimum absolute atomic E-state index is 0.0315. The van der Waals surface area contributed by atoms with Gasteiger partial charge in [-0.25, -0.2) is 4.98 Å².